The van der Waals surface area contributed by atoms with Crippen molar-refractivity contribution in [3.05, 3.63) is 29.8 Å². The van der Waals surface area contributed by atoms with Crippen molar-refractivity contribution >= 4 is 23.0 Å². The summed E-state index contributed by atoms with van der Waals surface area (Å²) in [6.45, 7) is 2.19. The SMILES string of the molecule is CCc1ccccc1NC(=S)NC1C[C@H]2CCC[C@H](C1)N2C1CC1. The number of piperidine rings is 2. The van der Waals surface area contributed by atoms with Gasteiger partial charge in [-0.05, 0) is 68.8 Å². The van der Waals surface area contributed by atoms with E-state index in [4.69, 9.17) is 12.2 Å². The monoisotopic (exact) mass is 343 g/mol. The van der Waals surface area contributed by atoms with Crippen LogP contribution in [-0.2, 0) is 6.42 Å². The molecule has 1 saturated carbocycles. The van der Waals surface area contributed by atoms with Gasteiger partial charge in [0, 0.05) is 29.9 Å². The molecule has 0 unspecified atom stereocenters. The molecule has 3 fully saturated rings. The Morgan fingerprint density at radius 1 is 1.08 bits per heavy atom. The summed E-state index contributed by atoms with van der Waals surface area (Å²) >= 11 is 5.61. The smallest absolute Gasteiger partial charge is 0.171 e. The first-order valence-electron chi connectivity index (χ1n) is 9.67. The molecule has 24 heavy (non-hydrogen) atoms. The minimum absolute atomic E-state index is 0.532. The van der Waals surface area contributed by atoms with E-state index in [0.29, 0.717) is 6.04 Å². The van der Waals surface area contributed by atoms with Crippen LogP contribution >= 0.6 is 12.2 Å². The van der Waals surface area contributed by atoms with Gasteiger partial charge in [-0.2, -0.15) is 0 Å². The number of hydrogen-bond donors (Lipinski definition) is 2. The van der Waals surface area contributed by atoms with Crippen LogP contribution in [-0.4, -0.2) is 34.2 Å². The molecule has 1 aromatic rings. The number of anilines is 1. The molecular weight excluding hydrogens is 314 g/mol. The fourth-order valence-electron chi connectivity index (χ4n) is 4.80. The molecule has 0 amide bonds. The number of rotatable bonds is 4. The van der Waals surface area contributed by atoms with Crippen molar-refractivity contribution in [2.45, 2.75) is 82.5 Å². The van der Waals surface area contributed by atoms with Gasteiger partial charge < -0.3 is 10.6 Å². The topological polar surface area (TPSA) is 27.3 Å². The van der Waals surface area contributed by atoms with Crippen LogP contribution in [0.2, 0.25) is 0 Å². The molecule has 1 aliphatic carbocycles. The van der Waals surface area contributed by atoms with Crippen LogP contribution in [0.15, 0.2) is 24.3 Å². The van der Waals surface area contributed by atoms with Crippen LogP contribution in [0.25, 0.3) is 0 Å². The Bertz CT molecular complexity index is 584. The highest BCUT2D eigenvalue weighted by Gasteiger charge is 2.44. The number of para-hydroxylation sites is 1. The van der Waals surface area contributed by atoms with Gasteiger partial charge in [-0.3, -0.25) is 4.90 Å². The fraction of sp³-hybridized carbons (Fsp3) is 0.650. The second kappa shape index (κ2) is 7.01. The summed E-state index contributed by atoms with van der Waals surface area (Å²) in [7, 11) is 0. The Morgan fingerprint density at radius 3 is 2.46 bits per heavy atom. The van der Waals surface area contributed by atoms with Crippen molar-refractivity contribution in [1.29, 1.82) is 0 Å². The van der Waals surface area contributed by atoms with E-state index in [2.05, 4.69) is 46.7 Å². The zero-order chi connectivity index (χ0) is 16.5. The van der Waals surface area contributed by atoms with Gasteiger partial charge in [0.2, 0.25) is 0 Å². The molecular formula is C20H29N3S. The highest BCUT2D eigenvalue weighted by molar-refractivity contribution is 7.80. The Morgan fingerprint density at radius 2 is 1.79 bits per heavy atom. The molecule has 2 heterocycles. The molecule has 2 saturated heterocycles. The lowest BCUT2D eigenvalue weighted by Crippen LogP contribution is -2.58. The number of nitrogens with one attached hydrogen (secondary N) is 2. The Labute approximate surface area is 151 Å². The van der Waals surface area contributed by atoms with Crippen LogP contribution in [0.1, 0.15) is 57.4 Å². The van der Waals surface area contributed by atoms with E-state index in [1.54, 1.807) is 0 Å². The predicted octanol–water partition coefficient (Wildman–Crippen LogP) is 4.08. The number of thiocarbonyl (C=S) groups is 1. The molecule has 2 bridgehead atoms. The number of aryl methyl sites for hydroxylation is 1. The molecule has 0 aromatic heterocycles. The Balaban J connectivity index is 1.36. The highest BCUT2D eigenvalue weighted by atomic mass is 32.1. The summed E-state index contributed by atoms with van der Waals surface area (Å²) in [4.78, 5) is 2.87. The Hall–Kier alpha value is -1.13. The number of nitrogens with zero attached hydrogens (tertiary/aromatic N) is 1. The minimum Gasteiger partial charge on any atom is -0.360 e. The first-order valence-corrected chi connectivity index (χ1v) is 10.1. The molecule has 4 heteroatoms. The molecule has 3 nitrogen and oxygen atoms in total. The average Bonchev–Trinajstić information content (AvgIpc) is 3.39. The van der Waals surface area contributed by atoms with E-state index in [-0.39, 0.29) is 0 Å². The third-order valence-electron chi connectivity index (χ3n) is 5.98. The molecule has 4 rings (SSSR count). The van der Waals surface area contributed by atoms with Crippen molar-refractivity contribution in [3.63, 3.8) is 0 Å². The van der Waals surface area contributed by atoms with Crippen LogP contribution in [0.3, 0.4) is 0 Å². The molecule has 2 N–H and O–H groups in total. The van der Waals surface area contributed by atoms with Gasteiger partial charge in [-0.15, -0.1) is 0 Å². The van der Waals surface area contributed by atoms with Crippen LogP contribution in [0.4, 0.5) is 5.69 Å². The summed E-state index contributed by atoms with van der Waals surface area (Å²) < 4.78 is 0. The van der Waals surface area contributed by atoms with Gasteiger partial charge >= 0.3 is 0 Å². The van der Waals surface area contributed by atoms with E-state index in [9.17, 15) is 0 Å². The number of benzene rings is 1. The van der Waals surface area contributed by atoms with Crippen molar-refractivity contribution in [2.24, 2.45) is 0 Å². The van der Waals surface area contributed by atoms with E-state index >= 15 is 0 Å². The molecule has 130 valence electrons. The van der Waals surface area contributed by atoms with Crippen molar-refractivity contribution < 1.29 is 0 Å². The zero-order valence-electron chi connectivity index (χ0n) is 14.6. The molecule has 0 spiro atoms. The summed E-state index contributed by atoms with van der Waals surface area (Å²) in [5.41, 5.74) is 2.47. The lowest BCUT2D eigenvalue weighted by Gasteiger charge is -2.49. The van der Waals surface area contributed by atoms with E-state index in [1.165, 1.54) is 50.5 Å². The molecule has 3 aliphatic rings. The number of fused-ring (bicyclic) bond motifs is 2. The first kappa shape index (κ1) is 16.3. The standard InChI is InChI=1S/C20H29N3S/c1-2-14-6-3-4-9-19(14)22-20(24)21-15-12-17-7-5-8-18(13-15)23(17)16-10-11-16/h3-4,6,9,15-18H,2,5,7-8,10-13H2,1H3,(H2,21,22,24)/t17-,18-/m1/s1. The zero-order valence-corrected chi connectivity index (χ0v) is 15.4. The largest absolute Gasteiger partial charge is 0.360 e. The summed E-state index contributed by atoms with van der Waals surface area (Å²) in [6, 6.07) is 11.5. The quantitative estimate of drug-likeness (QED) is 0.806. The minimum atomic E-state index is 0.532. The fourth-order valence-corrected chi connectivity index (χ4v) is 5.08. The van der Waals surface area contributed by atoms with Gasteiger partial charge in [-0.1, -0.05) is 31.5 Å². The molecule has 2 aliphatic heterocycles. The van der Waals surface area contributed by atoms with Gasteiger partial charge in [0.15, 0.2) is 5.11 Å². The lowest BCUT2D eigenvalue weighted by molar-refractivity contribution is 0.0209. The normalized spacial score (nSPS) is 30.0. The summed E-state index contributed by atoms with van der Waals surface area (Å²) in [5.74, 6) is 0. The third kappa shape index (κ3) is 3.45. The maximum Gasteiger partial charge on any atom is 0.171 e. The van der Waals surface area contributed by atoms with Crippen LogP contribution in [0.5, 0.6) is 0 Å². The van der Waals surface area contributed by atoms with Gasteiger partial charge in [0.1, 0.15) is 0 Å². The maximum atomic E-state index is 5.61. The lowest BCUT2D eigenvalue weighted by atomic mass is 9.81. The third-order valence-corrected chi connectivity index (χ3v) is 6.20. The highest BCUT2D eigenvalue weighted by Crippen LogP contribution is 2.41. The second-order valence-corrected chi connectivity index (χ2v) is 8.10. The van der Waals surface area contributed by atoms with E-state index in [0.717, 1.165) is 35.3 Å². The van der Waals surface area contributed by atoms with Crippen LogP contribution < -0.4 is 10.6 Å². The molecule has 1 aromatic carbocycles. The first-order chi connectivity index (χ1) is 11.7. The van der Waals surface area contributed by atoms with Crippen molar-refractivity contribution in [2.75, 3.05) is 5.32 Å². The molecule has 0 radical (unpaired) electrons. The van der Waals surface area contributed by atoms with Gasteiger partial charge in [0.05, 0.1) is 0 Å². The summed E-state index contributed by atoms with van der Waals surface area (Å²) in [6.07, 6.45) is 10.6. The summed E-state index contributed by atoms with van der Waals surface area (Å²) in [5, 5.41) is 7.84. The number of hydrogen-bond acceptors (Lipinski definition) is 2. The van der Waals surface area contributed by atoms with Crippen LogP contribution in [0, 0.1) is 0 Å². The van der Waals surface area contributed by atoms with E-state index < -0.39 is 0 Å². The average molecular weight is 344 g/mol. The second-order valence-electron chi connectivity index (χ2n) is 7.69. The van der Waals surface area contributed by atoms with Crippen molar-refractivity contribution in [1.82, 2.24) is 10.2 Å². The molecule has 2 atom stereocenters. The Kier molecular flexibility index (Phi) is 4.77. The van der Waals surface area contributed by atoms with Crippen molar-refractivity contribution in [3.8, 4) is 0 Å². The van der Waals surface area contributed by atoms with Gasteiger partial charge in [0.25, 0.3) is 0 Å². The predicted molar refractivity (Wildman–Crippen MR) is 104 cm³/mol. The van der Waals surface area contributed by atoms with E-state index in [1.807, 2.05) is 0 Å². The maximum absolute atomic E-state index is 5.61. The van der Waals surface area contributed by atoms with Gasteiger partial charge in [-0.25, -0.2) is 0 Å².